The highest BCUT2D eigenvalue weighted by atomic mass is 32.1. The van der Waals surface area contributed by atoms with Crippen molar-refractivity contribution in [3.05, 3.63) is 52.0 Å². The molecule has 2 nitrogen and oxygen atoms in total. The molecule has 1 aromatic heterocycles. The Morgan fingerprint density at radius 3 is 2.39 bits per heavy atom. The summed E-state index contributed by atoms with van der Waals surface area (Å²) in [6.07, 6.45) is 1.90. The van der Waals surface area contributed by atoms with Gasteiger partial charge in [0, 0.05) is 18.0 Å². The second kappa shape index (κ2) is 5.21. The molecule has 0 fully saturated rings. The molecule has 0 bridgehead atoms. The highest BCUT2D eigenvalue weighted by Crippen LogP contribution is 2.25. The zero-order valence-electron chi connectivity index (χ0n) is 11.1. The summed E-state index contributed by atoms with van der Waals surface area (Å²) in [4.78, 5) is 4.20. The van der Waals surface area contributed by atoms with Crippen LogP contribution in [0.5, 0.6) is 0 Å². The van der Waals surface area contributed by atoms with Crippen molar-refractivity contribution in [1.82, 2.24) is 4.98 Å². The molecule has 2 aromatic rings. The molecular weight excluding hydrogens is 242 g/mol. The smallest absolute Gasteiger partial charge is 0.0954 e. The van der Waals surface area contributed by atoms with E-state index in [0.717, 1.165) is 10.6 Å². The molecule has 0 saturated carbocycles. The third kappa shape index (κ3) is 3.18. The molecule has 0 spiro atoms. The van der Waals surface area contributed by atoms with Crippen molar-refractivity contribution < 1.29 is 5.11 Å². The molecule has 2 rings (SSSR count). The lowest BCUT2D eigenvalue weighted by Gasteiger charge is -2.20. The van der Waals surface area contributed by atoms with Crippen molar-refractivity contribution in [2.45, 2.75) is 38.7 Å². The van der Waals surface area contributed by atoms with E-state index in [1.807, 2.05) is 17.5 Å². The van der Waals surface area contributed by atoms with Crippen molar-refractivity contribution in [3.63, 3.8) is 0 Å². The molecule has 18 heavy (non-hydrogen) atoms. The summed E-state index contributed by atoms with van der Waals surface area (Å²) in [5.74, 6) is 0. The summed E-state index contributed by atoms with van der Waals surface area (Å²) >= 11 is 1.58. The highest BCUT2D eigenvalue weighted by molar-refractivity contribution is 7.09. The van der Waals surface area contributed by atoms with Gasteiger partial charge in [-0.25, -0.2) is 4.98 Å². The number of nitrogens with zero attached hydrogens (tertiary/aromatic N) is 1. The van der Waals surface area contributed by atoms with Crippen LogP contribution < -0.4 is 0 Å². The van der Waals surface area contributed by atoms with Gasteiger partial charge in [-0.15, -0.1) is 11.3 Å². The highest BCUT2D eigenvalue weighted by Gasteiger charge is 2.15. The monoisotopic (exact) mass is 261 g/mol. The minimum absolute atomic E-state index is 0.152. The number of aliphatic hydroxyl groups is 1. The van der Waals surface area contributed by atoms with E-state index >= 15 is 0 Å². The quantitative estimate of drug-likeness (QED) is 0.913. The average molecular weight is 261 g/mol. The van der Waals surface area contributed by atoms with Gasteiger partial charge < -0.3 is 5.11 Å². The zero-order chi connectivity index (χ0) is 13.2. The van der Waals surface area contributed by atoms with Gasteiger partial charge in [0.05, 0.1) is 11.1 Å². The van der Waals surface area contributed by atoms with E-state index < -0.39 is 6.10 Å². The Balaban J connectivity index is 2.10. The fraction of sp³-hybridized carbons (Fsp3) is 0.400. The lowest BCUT2D eigenvalue weighted by Crippen LogP contribution is -2.11. The second-order valence-electron chi connectivity index (χ2n) is 5.52. The van der Waals surface area contributed by atoms with Crippen molar-refractivity contribution in [1.29, 1.82) is 0 Å². The molecule has 1 N–H and O–H groups in total. The molecule has 1 atom stereocenters. The predicted octanol–water partition coefficient (Wildman–Crippen LogP) is 3.72. The van der Waals surface area contributed by atoms with Crippen LogP contribution in [0.25, 0.3) is 0 Å². The molecule has 1 unspecified atom stereocenters. The largest absolute Gasteiger partial charge is 0.388 e. The molecule has 96 valence electrons. The van der Waals surface area contributed by atoms with Gasteiger partial charge in [-0.05, 0) is 16.5 Å². The number of hydrogen-bond donors (Lipinski definition) is 1. The van der Waals surface area contributed by atoms with E-state index in [1.54, 1.807) is 17.5 Å². The van der Waals surface area contributed by atoms with Crippen molar-refractivity contribution in [2.75, 3.05) is 0 Å². The Kier molecular flexibility index (Phi) is 3.83. The molecule has 0 saturated heterocycles. The number of aliphatic hydroxyl groups excluding tert-OH is 1. The first kappa shape index (κ1) is 13.2. The lowest BCUT2D eigenvalue weighted by molar-refractivity contribution is 0.178. The van der Waals surface area contributed by atoms with Crippen LogP contribution in [0, 0.1) is 0 Å². The van der Waals surface area contributed by atoms with Crippen LogP contribution in [0.4, 0.5) is 0 Å². The van der Waals surface area contributed by atoms with E-state index in [1.165, 1.54) is 5.56 Å². The van der Waals surface area contributed by atoms with Gasteiger partial charge in [-0.1, -0.05) is 45.0 Å². The SMILES string of the molecule is CC(C)(C)c1ccc(C(O)Cc2nccs2)cc1. The zero-order valence-corrected chi connectivity index (χ0v) is 11.9. The summed E-state index contributed by atoms with van der Waals surface area (Å²) in [5, 5.41) is 13.1. The Labute approximate surface area is 112 Å². The third-order valence-electron chi connectivity index (χ3n) is 3.01. The van der Waals surface area contributed by atoms with Crippen LogP contribution >= 0.6 is 11.3 Å². The van der Waals surface area contributed by atoms with E-state index in [0.29, 0.717) is 6.42 Å². The van der Waals surface area contributed by atoms with Crippen LogP contribution in [0.1, 0.15) is 43.0 Å². The fourth-order valence-electron chi connectivity index (χ4n) is 1.84. The van der Waals surface area contributed by atoms with Crippen LogP contribution in [0.2, 0.25) is 0 Å². The van der Waals surface area contributed by atoms with E-state index in [2.05, 4.69) is 37.9 Å². The van der Waals surface area contributed by atoms with E-state index in [4.69, 9.17) is 0 Å². The maximum atomic E-state index is 10.2. The molecule has 0 radical (unpaired) electrons. The van der Waals surface area contributed by atoms with Gasteiger partial charge in [0.1, 0.15) is 0 Å². The van der Waals surface area contributed by atoms with Gasteiger partial charge in [-0.2, -0.15) is 0 Å². The topological polar surface area (TPSA) is 33.1 Å². The summed E-state index contributed by atoms with van der Waals surface area (Å²) in [5.41, 5.74) is 2.39. The van der Waals surface area contributed by atoms with Crippen LogP contribution in [0.15, 0.2) is 35.8 Å². The van der Waals surface area contributed by atoms with E-state index in [9.17, 15) is 5.11 Å². The molecule has 0 amide bonds. The molecular formula is C15H19NOS. The minimum atomic E-state index is -0.467. The first-order valence-corrected chi connectivity index (χ1v) is 7.01. The number of thiazole rings is 1. The number of benzene rings is 1. The van der Waals surface area contributed by atoms with Gasteiger partial charge >= 0.3 is 0 Å². The summed E-state index contributed by atoms with van der Waals surface area (Å²) in [7, 11) is 0. The molecule has 0 aliphatic carbocycles. The minimum Gasteiger partial charge on any atom is -0.388 e. The summed E-state index contributed by atoms with van der Waals surface area (Å²) in [6, 6.07) is 8.22. The van der Waals surface area contributed by atoms with Crippen LogP contribution in [-0.2, 0) is 11.8 Å². The maximum absolute atomic E-state index is 10.2. The van der Waals surface area contributed by atoms with Crippen LogP contribution in [0.3, 0.4) is 0 Å². The van der Waals surface area contributed by atoms with Gasteiger partial charge in [-0.3, -0.25) is 0 Å². The molecule has 0 aliphatic heterocycles. The van der Waals surface area contributed by atoms with Gasteiger partial charge in [0.15, 0.2) is 0 Å². The first-order chi connectivity index (χ1) is 8.47. The maximum Gasteiger partial charge on any atom is 0.0954 e. The Bertz CT molecular complexity index is 482. The third-order valence-corrected chi connectivity index (χ3v) is 3.81. The first-order valence-electron chi connectivity index (χ1n) is 6.14. The molecule has 3 heteroatoms. The van der Waals surface area contributed by atoms with E-state index in [-0.39, 0.29) is 5.41 Å². The number of rotatable bonds is 3. The normalized spacial score (nSPS) is 13.6. The standard InChI is InChI=1S/C15H19NOS/c1-15(2,3)12-6-4-11(5-7-12)13(17)10-14-16-8-9-18-14/h4-9,13,17H,10H2,1-3H3. The average Bonchev–Trinajstić information content (AvgIpc) is 2.81. The number of aromatic nitrogens is 1. The Morgan fingerprint density at radius 2 is 1.89 bits per heavy atom. The Hall–Kier alpha value is -1.19. The fourth-order valence-corrected chi connectivity index (χ4v) is 2.50. The van der Waals surface area contributed by atoms with Crippen molar-refractivity contribution in [2.24, 2.45) is 0 Å². The van der Waals surface area contributed by atoms with Crippen molar-refractivity contribution >= 4 is 11.3 Å². The second-order valence-corrected chi connectivity index (χ2v) is 6.50. The van der Waals surface area contributed by atoms with Crippen LogP contribution in [-0.4, -0.2) is 10.1 Å². The predicted molar refractivity (Wildman–Crippen MR) is 75.9 cm³/mol. The van der Waals surface area contributed by atoms with Gasteiger partial charge in [0.25, 0.3) is 0 Å². The Morgan fingerprint density at radius 1 is 1.22 bits per heavy atom. The van der Waals surface area contributed by atoms with Gasteiger partial charge in [0.2, 0.25) is 0 Å². The molecule has 1 heterocycles. The van der Waals surface area contributed by atoms with Crippen molar-refractivity contribution in [3.8, 4) is 0 Å². The lowest BCUT2D eigenvalue weighted by atomic mass is 9.86. The molecule has 1 aromatic carbocycles. The summed E-state index contributed by atoms with van der Waals surface area (Å²) < 4.78 is 0. The number of hydrogen-bond acceptors (Lipinski definition) is 3. The molecule has 0 aliphatic rings. The summed E-state index contributed by atoms with van der Waals surface area (Å²) in [6.45, 7) is 6.57.